The summed E-state index contributed by atoms with van der Waals surface area (Å²) in [7, 11) is 0. The zero-order valence-electron chi connectivity index (χ0n) is 13.1. The molecule has 0 aliphatic carbocycles. The number of hydrogen-bond acceptors (Lipinski definition) is 3. The number of carbonyl (C=O) groups is 3. The van der Waals surface area contributed by atoms with E-state index in [2.05, 4.69) is 5.32 Å². The predicted octanol–water partition coefficient (Wildman–Crippen LogP) is 3.06. The Balaban J connectivity index is 2.12. The molecule has 0 radical (unpaired) electrons. The molecule has 1 aliphatic rings. The van der Waals surface area contributed by atoms with E-state index in [1.807, 2.05) is 6.92 Å². The molecule has 2 aromatic carbocycles. The number of rotatable bonds is 2. The highest BCUT2D eigenvalue weighted by Crippen LogP contribution is 2.35. The molecule has 0 atom stereocenters. The Morgan fingerprint density at radius 2 is 1.52 bits per heavy atom. The second-order valence-electron chi connectivity index (χ2n) is 5.57. The van der Waals surface area contributed by atoms with Crippen molar-refractivity contribution >= 4 is 29.1 Å². The van der Waals surface area contributed by atoms with Gasteiger partial charge >= 0.3 is 0 Å². The van der Waals surface area contributed by atoms with E-state index in [1.54, 1.807) is 43.3 Å². The molecule has 0 saturated heterocycles. The Morgan fingerprint density at radius 1 is 0.957 bits per heavy atom. The van der Waals surface area contributed by atoms with E-state index >= 15 is 0 Å². The van der Waals surface area contributed by atoms with Crippen molar-refractivity contribution in [1.82, 2.24) is 0 Å². The molecule has 2 aromatic rings. The van der Waals surface area contributed by atoms with Gasteiger partial charge in [0, 0.05) is 12.6 Å². The number of amides is 3. The van der Waals surface area contributed by atoms with Crippen LogP contribution < -0.4 is 10.2 Å². The summed E-state index contributed by atoms with van der Waals surface area (Å²) in [6.07, 6.45) is 0. The molecule has 1 heterocycles. The van der Waals surface area contributed by atoms with Gasteiger partial charge in [-0.25, -0.2) is 4.90 Å². The number of carbonyl (C=O) groups excluding carboxylic acids is 3. The number of imide groups is 1. The quantitative estimate of drug-likeness (QED) is 0.867. The topological polar surface area (TPSA) is 66.5 Å². The summed E-state index contributed by atoms with van der Waals surface area (Å²) in [6, 6.07) is 10.3. The molecular weight excluding hydrogens is 292 g/mol. The average Bonchev–Trinajstić information content (AvgIpc) is 2.76. The molecule has 3 rings (SSSR count). The highest BCUT2D eigenvalue weighted by molar-refractivity contribution is 6.34. The normalized spacial score (nSPS) is 13.3. The summed E-state index contributed by atoms with van der Waals surface area (Å²) in [6.45, 7) is 5.08. The van der Waals surface area contributed by atoms with Crippen LogP contribution in [0.2, 0.25) is 0 Å². The average molecular weight is 308 g/mol. The minimum Gasteiger partial charge on any atom is -0.326 e. The molecule has 0 fully saturated rings. The van der Waals surface area contributed by atoms with Crippen molar-refractivity contribution in [2.75, 3.05) is 10.2 Å². The molecule has 0 spiro atoms. The fraction of sp³-hybridized carbons (Fsp3) is 0.167. The van der Waals surface area contributed by atoms with Crippen LogP contribution in [0.5, 0.6) is 0 Å². The molecule has 1 N–H and O–H groups in total. The number of anilines is 2. The van der Waals surface area contributed by atoms with Gasteiger partial charge in [0.2, 0.25) is 5.91 Å². The van der Waals surface area contributed by atoms with Crippen LogP contribution in [0.15, 0.2) is 36.4 Å². The fourth-order valence-corrected chi connectivity index (χ4v) is 2.85. The van der Waals surface area contributed by atoms with Crippen LogP contribution in [0.25, 0.3) is 0 Å². The number of aryl methyl sites for hydroxylation is 1. The van der Waals surface area contributed by atoms with Crippen LogP contribution in [0.3, 0.4) is 0 Å². The van der Waals surface area contributed by atoms with Gasteiger partial charge < -0.3 is 5.32 Å². The smallest absolute Gasteiger partial charge is 0.266 e. The van der Waals surface area contributed by atoms with Gasteiger partial charge in [-0.05, 0) is 43.2 Å². The third-order valence-corrected chi connectivity index (χ3v) is 3.98. The standard InChI is InChI=1S/C18H16N2O3/c1-10-8-9-15(11(2)16(10)19-12(3)21)20-17(22)13-6-4-5-7-14(13)18(20)23/h4-9H,1-3H3,(H,19,21). The molecular formula is C18H16N2O3. The predicted molar refractivity (Wildman–Crippen MR) is 87.8 cm³/mol. The first-order valence-corrected chi connectivity index (χ1v) is 7.27. The lowest BCUT2D eigenvalue weighted by Crippen LogP contribution is -2.30. The molecule has 5 heteroatoms. The summed E-state index contributed by atoms with van der Waals surface area (Å²) in [5.74, 6) is -0.881. The van der Waals surface area contributed by atoms with E-state index < -0.39 is 0 Å². The fourth-order valence-electron chi connectivity index (χ4n) is 2.85. The Morgan fingerprint density at radius 3 is 2.04 bits per heavy atom. The number of nitrogens with one attached hydrogen (secondary N) is 1. The van der Waals surface area contributed by atoms with E-state index in [4.69, 9.17) is 0 Å². The van der Waals surface area contributed by atoms with Crippen molar-refractivity contribution < 1.29 is 14.4 Å². The summed E-state index contributed by atoms with van der Waals surface area (Å²) < 4.78 is 0. The third kappa shape index (κ3) is 2.30. The number of fused-ring (bicyclic) bond motifs is 1. The van der Waals surface area contributed by atoms with Gasteiger partial charge in [-0.2, -0.15) is 0 Å². The molecule has 116 valence electrons. The van der Waals surface area contributed by atoms with Gasteiger partial charge in [0.1, 0.15) is 0 Å². The zero-order valence-corrected chi connectivity index (χ0v) is 13.1. The minimum atomic E-state index is -0.341. The van der Waals surface area contributed by atoms with E-state index in [-0.39, 0.29) is 17.7 Å². The first-order chi connectivity index (χ1) is 10.9. The van der Waals surface area contributed by atoms with E-state index in [0.29, 0.717) is 28.1 Å². The SMILES string of the molecule is CC(=O)Nc1c(C)ccc(N2C(=O)c3ccccc3C2=O)c1C. The Bertz CT molecular complexity index is 820. The van der Waals surface area contributed by atoms with Crippen LogP contribution in [0.4, 0.5) is 11.4 Å². The summed E-state index contributed by atoms with van der Waals surface area (Å²) in [4.78, 5) is 37.8. The maximum absolute atomic E-state index is 12.6. The maximum Gasteiger partial charge on any atom is 0.266 e. The molecule has 5 nitrogen and oxygen atoms in total. The van der Waals surface area contributed by atoms with Gasteiger partial charge in [0.05, 0.1) is 16.8 Å². The third-order valence-electron chi connectivity index (χ3n) is 3.98. The van der Waals surface area contributed by atoms with Crippen molar-refractivity contribution in [1.29, 1.82) is 0 Å². The Labute approximate surface area is 133 Å². The van der Waals surface area contributed by atoms with Crippen LogP contribution in [-0.4, -0.2) is 17.7 Å². The van der Waals surface area contributed by atoms with Gasteiger partial charge in [0.15, 0.2) is 0 Å². The van der Waals surface area contributed by atoms with Crippen molar-refractivity contribution in [3.05, 3.63) is 58.7 Å². The van der Waals surface area contributed by atoms with Crippen LogP contribution >= 0.6 is 0 Å². The Hall–Kier alpha value is -2.95. The molecule has 0 aromatic heterocycles. The first-order valence-electron chi connectivity index (χ1n) is 7.27. The van der Waals surface area contributed by atoms with Crippen LogP contribution in [0.1, 0.15) is 38.8 Å². The minimum absolute atomic E-state index is 0.198. The highest BCUT2D eigenvalue weighted by atomic mass is 16.2. The van der Waals surface area contributed by atoms with Crippen molar-refractivity contribution in [3.63, 3.8) is 0 Å². The van der Waals surface area contributed by atoms with Gasteiger partial charge in [0.25, 0.3) is 11.8 Å². The van der Waals surface area contributed by atoms with Crippen molar-refractivity contribution in [3.8, 4) is 0 Å². The lowest BCUT2D eigenvalue weighted by molar-refractivity contribution is -0.114. The monoisotopic (exact) mass is 308 g/mol. The van der Waals surface area contributed by atoms with E-state index in [0.717, 1.165) is 5.56 Å². The Kier molecular flexibility index (Phi) is 3.48. The summed E-state index contributed by atoms with van der Waals surface area (Å²) in [5.41, 5.74) is 3.49. The molecule has 0 unspecified atom stereocenters. The van der Waals surface area contributed by atoms with Crippen LogP contribution in [0, 0.1) is 13.8 Å². The number of benzene rings is 2. The second kappa shape index (κ2) is 5.35. The molecule has 0 bridgehead atoms. The largest absolute Gasteiger partial charge is 0.326 e. The summed E-state index contributed by atoms with van der Waals surface area (Å²) in [5, 5.41) is 2.77. The maximum atomic E-state index is 12.6. The lowest BCUT2D eigenvalue weighted by atomic mass is 10.1. The van der Waals surface area contributed by atoms with Crippen molar-refractivity contribution in [2.45, 2.75) is 20.8 Å². The van der Waals surface area contributed by atoms with Crippen molar-refractivity contribution in [2.24, 2.45) is 0 Å². The van der Waals surface area contributed by atoms with Gasteiger partial charge in [-0.3, -0.25) is 14.4 Å². The first kappa shape index (κ1) is 15.0. The molecule has 3 amide bonds. The van der Waals surface area contributed by atoms with E-state index in [9.17, 15) is 14.4 Å². The molecule has 0 saturated carbocycles. The number of hydrogen-bond donors (Lipinski definition) is 1. The molecule has 1 aliphatic heterocycles. The second-order valence-corrected chi connectivity index (χ2v) is 5.57. The molecule has 23 heavy (non-hydrogen) atoms. The van der Waals surface area contributed by atoms with E-state index in [1.165, 1.54) is 11.8 Å². The number of nitrogens with zero attached hydrogens (tertiary/aromatic N) is 1. The summed E-state index contributed by atoms with van der Waals surface area (Å²) >= 11 is 0. The van der Waals surface area contributed by atoms with Crippen LogP contribution in [-0.2, 0) is 4.79 Å². The highest BCUT2D eigenvalue weighted by Gasteiger charge is 2.37. The zero-order chi connectivity index (χ0) is 16.7. The van der Waals surface area contributed by atoms with Gasteiger partial charge in [-0.1, -0.05) is 18.2 Å². The van der Waals surface area contributed by atoms with Gasteiger partial charge in [-0.15, -0.1) is 0 Å². The lowest BCUT2D eigenvalue weighted by Gasteiger charge is -2.20.